The number of carbonyl (C=O) groups is 1. The number of quaternary nitrogens is 1. The number of allylic oxidation sites excluding steroid dienone is 3. The third-order valence-electron chi connectivity index (χ3n) is 7.09. The van der Waals surface area contributed by atoms with Crippen LogP contribution in [0.15, 0.2) is 76.8 Å². The van der Waals surface area contributed by atoms with E-state index in [0.29, 0.717) is 10.5 Å². The molecule has 1 aromatic heterocycles. The summed E-state index contributed by atoms with van der Waals surface area (Å²) in [7, 11) is 0. The molecule has 2 aromatic rings. The average Bonchev–Trinajstić information content (AvgIpc) is 3.63. The number of carbonyl (C=O) groups excluding carboxylic acids is 1. The third-order valence-corrected chi connectivity index (χ3v) is 8.05. The van der Waals surface area contributed by atoms with Gasteiger partial charge in [0, 0.05) is 49.0 Å². The molecule has 4 aliphatic rings. The van der Waals surface area contributed by atoms with Crippen LogP contribution in [0.5, 0.6) is 0 Å². The highest BCUT2D eigenvalue weighted by atomic mass is 32.2. The Hall–Kier alpha value is -2.61. The fourth-order valence-electron chi connectivity index (χ4n) is 5.40. The molecule has 164 valence electrons. The van der Waals surface area contributed by atoms with E-state index in [4.69, 9.17) is 4.42 Å². The molecule has 0 radical (unpaired) electrons. The van der Waals surface area contributed by atoms with Crippen molar-refractivity contribution in [3.05, 3.63) is 78.1 Å². The number of hydrogen-bond acceptors (Lipinski definition) is 5. The van der Waals surface area contributed by atoms with E-state index in [0.717, 1.165) is 73.2 Å². The maximum absolute atomic E-state index is 13.0. The van der Waals surface area contributed by atoms with Crippen molar-refractivity contribution in [3.63, 3.8) is 0 Å². The van der Waals surface area contributed by atoms with Crippen molar-refractivity contribution in [1.29, 1.82) is 0 Å². The quantitative estimate of drug-likeness (QED) is 0.660. The summed E-state index contributed by atoms with van der Waals surface area (Å²) in [6.45, 7) is 3.51. The summed E-state index contributed by atoms with van der Waals surface area (Å²) in [5.74, 6) is 3.36. The normalized spacial score (nSPS) is 25.8. The average molecular weight is 448 g/mol. The van der Waals surface area contributed by atoms with Gasteiger partial charge in [0.05, 0.1) is 17.1 Å². The Morgan fingerprint density at radius 3 is 2.78 bits per heavy atom. The first-order valence-electron chi connectivity index (χ1n) is 11.3. The Kier molecular flexibility index (Phi) is 5.05. The molecule has 0 aliphatic carbocycles. The fourth-order valence-corrected chi connectivity index (χ4v) is 6.34. The van der Waals surface area contributed by atoms with Crippen LogP contribution in [0.25, 0.3) is 11.3 Å². The van der Waals surface area contributed by atoms with Crippen LogP contribution in [0.3, 0.4) is 0 Å². The number of benzene rings is 1. The number of piperidine rings is 1. The highest BCUT2D eigenvalue weighted by Gasteiger charge is 2.48. The lowest BCUT2D eigenvalue weighted by Gasteiger charge is -2.42. The number of thioether (sulfide) groups is 1. The first-order chi connectivity index (χ1) is 15.7. The van der Waals surface area contributed by atoms with Gasteiger partial charge in [-0.15, -0.1) is 16.8 Å². The molecule has 0 bridgehead atoms. The number of amides is 1. The standard InChI is InChI=1S/C25H27N4O2S/c30-25(27-12-14-32-18-27)21-15-22-7-4-13-29(22,16-21)28-10-8-19(9-11-28)23-24(31-17-26-23)20-5-2-1-3-6-20/h1-7,13,15,17,19H,8-12,14,16,18H2/q+1/t29-/m1/s1. The van der Waals surface area contributed by atoms with Crippen molar-refractivity contribution in [3.8, 4) is 11.3 Å². The molecule has 0 spiro atoms. The van der Waals surface area contributed by atoms with Crippen LogP contribution in [0.4, 0.5) is 0 Å². The van der Waals surface area contributed by atoms with E-state index >= 15 is 0 Å². The summed E-state index contributed by atoms with van der Waals surface area (Å²) < 4.78 is 6.45. The van der Waals surface area contributed by atoms with Crippen molar-refractivity contribution in [2.24, 2.45) is 0 Å². The number of hydrogen-bond donors (Lipinski definition) is 0. The first-order valence-corrected chi connectivity index (χ1v) is 12.5. The number of nitrogens with zero attached hydrogens (tertiary/aromatic N) is 4. The highest BCUT2D eigenvalue weighted by molar-refractivity contribution is 7.99. The summed E-state index contributed by atoms with van der Waals surface area (Å²) in [5, 5.41) is 2.52. The molecule has 2 saturated heterocycles. The fraction of sp³-hybridized carbons (Fsp3) is 0.360. The predicted molar refractivity (Wildman–Crippen MR) is 125 cm³/mol. The summed E-state index contributed by atoms with van der Waals surface area (Å²) >= 11 is 1.84. The lowest BCUT2D eigenvalue weighted by molar-refractivity contribution is -0.949. The van der Waals surface area contributed by atoms with E-state index in [9.17, 15) is 4.79 Å². The topological polar surface area (TPSA) is 49.6 Å². The molecule has 7 heteroatoms. The van der Waals surface area contributed by atoms with E-state index in [1.807, 2.05) is 34.9 Å². The predicted octanol–water partition coefficient (Wildman–Crippen LogP) is 4.14. The van der Waals surface area contributed by atoms with Crippen molar-refractivity contribution < 1.29 is 13.8 Å². The van der Waals surface area contributed by atoms with Gasteiger partial charge in [0.1, 0.15) is 12.7 Å². The molecular weight excluding hydrogens is 420 g/mol. The van der Waals surface area contributed by atoms with E-state index < -0.39 is 0 Å². The minimum Gasteiger partial charge on any atom is -0.443 e. The lowest BCUT2D eigenvalue weighted by Crippen LogP contribution is -2.56. The number of rotatable bonds is 4. The van der Waals surface area contributed by atoms with Gasteiger partial charge in [0.25, 0.3) is 5.91 Å². The van der Waals surface area contributed by atoms with Crippen molar-refractivity contribution in [2.45, 2.75) is 18.8 Å². The molecule has 6 rings (SSSR count). The van der Waals surface area contributed by atoms with Crippen molar-refractivity contribution in [1.82, 2.24) is 14.9 Å². The molecule has 5 heterocycles. The minimum atomic E-state index is 0.209. The molecular formula is C25H27N4O2S+. The Morgan fingerprint density at radius 2 is 2.00 bits per heavy atom. The van der Waals surface area contributed by atoms with Crippen LogP contribution < -0.4 is 0 Å². The molecule has 6 nitrogen and oxygen atoms in total. The second-order valence-corrected chi connectivity index (χ2v) is 9.93. The largest absolute Gasteiger partial charge is 0.443 e. The first kappa shape index (κ1) is 20.0. The van der Waals surface area contributed by atoms with E-state index in [1.165, 1.54) is 5.70 Å². The van der Waals surface area contributed by atoms with Crippen LogP contribution >= 0.6 is 11.8 Å². The number of aromatic nitrogens is 1. The summed E-state index contributed by atoms with van der Waals surface area (Å²) in [4.78, 5) is 19.6. The number of oxazole rings is 1. The maximum Gasteiger partial charge on any atom is 0.256 e. The van der Waals surface area contributed by atoms with Gasteiger partial charge >= 0.3 is 0 Å². The van der Waals surface area contributed by atoms with Crippen molar-refractivity contribution >= 4 is 17.7 Å². The van der Waals surface area contributed by atoms with Crippen LogP contribution in [-0.2, 0) is 4.79 Å². The van der Waals surface area contributed by atoms with Gasteiger partial charge in [-0.2, -0.15) is 4.59 Å². The minimum absolute atomic E-state index is 0.209. The maximum atomic E-state index is 13.0. The zero-order valence-electron chi connectivity index (χ0n) is 18.0. The third kappa shape index (κ3) is 3.27. The van der Waals surface area contributed by atoms with Gasteiger partial charge in [-0.1, -0.05) is 30.3 Å². The molecule has 1 atom stereocenters. The Balaban J connectivity index is 1.17. The highest BCUT2D eigenvalue weighted by Crippen LogP contribution is 2.41. The summed E-state index contributed by atoms with van der Waals surface area (Å²) in [6.07, 6.45) is 12.3. The molecule has 1 amide bonds. The van der Waals surface area contributed by atoms with Gasteiger partial charge in [-0.25, -0.2) is 4.98 Å². The SMILES string of the molecule is O=C(C1=CC2=CC=C[N@@+]2(N2CCC(c3ncoc3-c3ccccc3)CC2)C1)N1CCSC1. The molecule has 1 aromatic carbocycles. The zero-order chi connectivity index (χ0) is 21.5. The second-order valence-electron chi connectivity index (χ2n) is 8.85. The van der Waals surface area contributed by atoms with Gasteiger partial charge in [-0.3, -0.25) is 4.79 Å². The van der Waals surface area contributed by atoms with Crippen LogP contribution in [0.2, 0.25) is 0 Å². The lowest BCUT2D eigenvalue weighted by atomic mass is 9.91. The molecule has 4 aliphatic heterocycles. The van der Waals surface area contributed by atoms with Crippen molar-refractivity contribution in [2.75, 3.05) is 37.8 Å². The summed E-state index contributed by atoms with van der Waals surface area (Å²) in [6, 6.07) is 10.3. The zero-order valence-corrected chi connectivity index (χ0v) is 18.8. The van der Waals surface area contributed by atoms with Crippen LogP contribution in [0.1, 0.15) is 24.5 Å². The second kappa shape index (κ2) is 8.06. The van der Waals surface area contributed by atoms with E-state index in [-0.39, 0.29) is 5.91 Å². The molecule has 0 unspecified atom stereocenters. The van der Waals surface area contributed by atoms with E-state index in [2.05, 4.69) is 46.6 Å². The summed E-state index contributed by atoms with van der Waals surface area (Å²) in [5.41, 5.74) is 4.31. The van der Waals surface area contributed by atoms with Crippen LogP contribution in [-0.4, -0.2) is 63.2 Å². The van der Waals surface area contributed by atoms with Gasteiger partial charge in [0.15, 0.2) is 17.9 Å². The smallest absolute Gasteiger partial charge is 0.256 e. The molecule has 2 fully saturated rings. The van der Waals surface area contributed by atoms with Gasteiger partial charge in [-0.05, 0) is 18.9 Å². The molecule has 32 heavy (non-hydrogen) atoms. The van der Waals surface area contributed by atoms with Gasteiger partial charge in [0.2, 0.25) is 0 Å². The van der Waals surface area contributed by atoms with Gasteiger partial charge < -0.3 is 9.32 Å². The monoisotopic (exact) mass is 447 g/mol. The molecule has 0 N–H and O–H groups in total. The Bertz CT molecular complexity index is 1110. The number of fused-ring (bicyclic) bond motifs is 1. The Morgan fingerprint density at radius 1 is 1.16 bits per heavy atom. The van der Waals surface area contributed by atoms with Crippen LogP contribution in [0, 0.1) is 0 Å². The molecule has 0 saturated carbocycles. The van der Waals surface area contributed by atoms with E-state index in [1.54, 1.807) is 6.39 Å². The Labute approximate surface area is 192 Å².